The molecule has 0 spiro atoms. The van der Waals surface area contributed by atoms with Crippen molar-refractivity contribution in [3.8, 4) is 11.4 Å². The van der Waals surface area contributed by atoms with E-state index in [-0.39, 0.29) is 11.7 Å². The average molecular weight is 264 g/mol. The van der Waals surface area contributed by atoms with Gasteiger partial charge in [-0.1, -0.05) is 19.0 Å². The molecule has 1 heterocycles. The third-order valence-corrected chi connectivity index (χ3v) is 3.05. The van der Waals surface area contributed by atoms with E-state index in [2.05, 4.69) is 10.1 Å². The van der Waals surface area contributed by atoms with Crippen molar-refractivity contribution in [3.05, 3.63) is 35.5 Å². The SMILES string of the molecule is Cc1cc(F)ccc1-c1noc(CC(O)C(C)C)n1. The maximum atomic E-state index is 13.0. The van der Waals surface area contributed by atoms with E-state index in [1.54, 1.807) is 13.0 Å². The molecule has 19 heavy (non-hydrogen) atoms. The van der Waals surface area contributed by atoms with Crippen molar-refractivity contribution in [1.29, 1.82) is 0 Å². The van der Waals surface area contributed by atoms with Crippen LogP contribution in [0.25, 0.3) is 11.4 Å². The second-order valence-electron chi connectivity index (χ2n) is 4.99. The summed E-state index contributed by atoms with van der Waals surface area (Å²) in [5.74, 6) is 0.645. The van der Waals surface area contributed by atoms with Crippen LogP contribution in [0.1, 0.15) is 25.3 Å². The van der Waals surface area contributed by atoms with Gasteiger partial charge in [-0.3, -0.25) is 0 Å². The highest BCUT2D eigenvalue weighted by Crippen LogP contribution is 2.21. The van der Waals surface area contributed by atoms with Crippen LogP contribution in [0.2, 0.25) is 0 Å². The molecule has 5 heteroatoms. The van der Waals surface area contributed by atoms with Gasteiger partial charge in [-0.2, -0.15) is 4.98 Å². The number of hydrogen-bond donors (Lipinski definition) is 1. The van der Waals surface area contributed by atoms with E-state index in [0.29, 0.717) is 18.1 Å². The molecule has 2 rings (SSSR count). The normalized spacial score (nSPS) is 12.9. The lowest BCUT2D eigenvalue weighted by Gasteiger charge is -2.10. The summed E-state index contributed by atoms with van der Waals surface area (Å²) >= 11 is 0. The van der Waals surface area contributed by atoms with Crippen molar-refractivity contribution in [2.45, 2.75) is 33.3 Å². The summed E-state index contributed by atoms with van der Waals surface area (Å²) in [6.45, 7) is 5.63. The van der Waals surface area contributed by atoms with Crippen LogP contribution in [-0.4, -0.2) is 21.4 Å². The maximum Gasteiger partial charge on any atom is 0.229 e. The molecular weight excluding hydrogens is 247 g/mol. The standard InChI is InChI=1S/C14H17FN2O2/c1-8(2)12(18)7-13-16-14(17-19-13)11-5-4-10(15)6-9(11)3/h4-6,8,12,18H,7H2,1-3H3. The van der Waals surface area contributed by atoms with Crippen LogP contribution < -0.4 is 0 Å². The monoisotopic (exact) mass is 264 g/mol. The number of halogens is 1. The molecule has 0 bridgehead atoms. The fraction of sp³-hybridized carbons (Fsp3) is 0.429. The Morgan fingerprint density at radius 2 is 2.11 bits per heavy atom. The molecule has 1 unspecified atom stereocenters. The third-order valence-electron chi connectivity index (χ3n) is 3.05. The van der Waals surface area contributed by atoms with Crippen molar-refractivity contribution in [2.24, 2.45) is 5.92 Å². The Balaban J connectivity index is 2.21. The first-order valence-corrected chi connectivity index (χ1v) is 6.24. The summed E-state index contributed by atoms with van der Waals surface area (Å²) in [7, 11) is 0. The Labute approximate surface area is 111 Å². The largest absolute Gasteiger partial charge is 0.392 e. The van der Waals surface area contributed by atoms with Crippen molar-refractivity contribution >= 4 is 0 Å². The van der Waals surface area contributed by atoms with Gasteiger partial charge in [0.15, 0.2) is 0 Å². The first kappa shape index (κ1) is 13.7. The number of aryl methyl sites for hydroxylation is 1. The number of hydrogen-bond acceptors (Lipinski definition) is 4. The van der Waals surface area contributed by atoms with E-state index in [0.717, 1.165) is 11.1 Å². The highest BCUT2D eigenvalue weighted by atomic mass is 19.1. The van der Waals surface area contributed by atoms with Crippen LogP contribution >= 0.6 is 0 Å². The predicted octanol–water partition coefficient (Wildman–Crippen LogP) is 2.74. The molecule has 0 fully saturated rings. The molecule has 0 aliphatic carbocycles. The van der Waals surface area contributed by atoms with Crippen LogP contribution in [-0.2, 0) is 6.42 Å². The Morgan fingerprint density at radius 1 is 1.37 bits per heavy atom. The predicted molar refractivity (Wildman–Crippen MR) is 69.0 cm³/mol. The average Bonchev–Trinajstić information content (AvgIpc) is 2.77. The molecule has 0 amide bonds. The van der Waals surface area contributed by atoms with E-state index in [1.165, 1.54) is 12.1 Å². The molecule has 1 aromatic carbocycles. The van der Waals surface area contributed by atoms with Gasteiger partial charge >= 0.3 is 0 Å². The second kappa shape index (κ2) is 5.48. The van der Waals surface area contributed by atoms with Gasteiger partial charge in [-0.25, -0.2) is 4.39 Å². The van der Waals surface area contributed by atoms with E-state index in [4.69, 9.17) is 4.52 Å². The van der Waals surface area contributed by atoms with Gasteiger partial charge in [-0.05, 0) is 36.6 Å². The fourth-order valence-corrected chi connectivity index (χ4v) is 1.74. The summed E-state index contributed by atoms with van der Waals surface area (Å²) in [5.41, 5.74) is 1.48. The first-order chi connectivity index (χ1) is 8.97. The lowest BCUT2D eigenvalue weighted by Crippen LogP contribution is -2.17. The van der Waals surface area contributed by atoms with E-state index >= 15 is 0 Å². The first-order valence-electron chi connectivity index (χ1n) is 6.24. The number of aliphatic hydroxyl groups excluding tert-OH is 1. The minimum Gasteiger partial charge on any atom is -0.392 e. The molecule has 0 saturated carbocycles. The highest BCUT2D eigenvalue weighted by molar-refractivity contribution is 5.59. The smallest absolute Gasteiger partial charge is 0.229 e. The van der Waals surface area contributed by atoms with E-state index in [1.807, 2.05) is 13.8 Å². The Morgan fingerprint density at radius 3 is 2.74 bits per heavy atom. The summed E-state index contributed by atoms with van der Waals surface area (Å²) < 4.78 is 18.1. The van der Waals surface area contributed by atoms with Crippen molar-refractivity contribution in [3.63, 3.8) is 0 Å². The molecular formula is C14H17FN2O2. The number of aromatic nitrogens is 2. The lowest BCUT2D eigenvalue weighted by atomic mass is 10.0. The van der Waals surface area contributed by atoms with Crippen LogP contribution in [0.4, 0.5) is 4.39 Å². The van der Waals surface area contributed by atoms with Gasteiger partial charge in [0.2, 0.25) is 11.7 Å². The number of benzene rings is 1. The van der Waals surface area contributed by atoms with Gasteiger partial charge in [0.1, 0.15) is 5.82 Å². The Kier molecular flexibility index (Phi) is 3.95. The van der Waals surface area contributed by atoms with Crippen LogP contribution in [0.3, 0.4) is 0 Å². The molecule has 1 aromatic heterocycles. The zero-order valence-electron chi connectivity index (χ0n) is 11.2. The van der Waals surface area contributed by atoms with E-state index in [9.17, 15) is 9.50 Å². The van der Waals surface area contributed by atoms with Gasteiger partial charge in [0.25, 0.3) is 0 Å². The third kappa shape index (κ3) is 3.17. The molecule has 1 atom stereocenters. The molecule has 2 aromatic rings. The van der Waals surface area contributed by atoms with Gasteiger partial charge < -0.3 is 9.63 Å². The van der Waals surface area contributed by atoms with Gasteiger partial charge in [-0.15, -0.1) is 0 Å². The zero-order chi connectivity index (χ0) is 14.0. The minimum absolute atomic E-state index is 0.128. The van der Waals surface area contributed by atoms with Crippen LogP contribution in [0.5, 0.6) is 0 Å². The second-order valence-corrected chi connectivity index (χ2v) is 4.99. The Hall–Kier alpha value is -1.75. The number of aliphatic hydroxyl groups is 1. The van der Waals surface area contributed by atoms with E-state index < -0.39 is 6.10 Å². The quantitative estimate of drug-likeness (QED) is 0.922. The van der Waals surface area contributed by atoms with Crippen LogP contribution in [0.15, 0.2) is 22.7 Å². The molecule has 0 aliphatic heterocycles. The fourth-order valence-electron chi connectivity index (χ4n) is 1.74. The number of nitrogens with zero attached hydrogens (tertiary/aromatic N) is 2. The molecule has 0 saturated heterocycles. The highest BCUT2D eigenvalue weighted by Gasteiger charge is 2.16. The van der Waals surface area contributed by atoms with Crippen molar-refractivity contribution in [2.75, 3.05) is 0 Å². The van der Waals surface area contributed by atoms with Crippen molar-refractivity contribution < 1.29 is 14.0 Å². The molecule has 4 nitrogen and oxygen atoms in total. The van der Waals surface area contributed by atoms with Gasteiger partial charge in [0, 0.05) is 5.56 Å². The Bertz CT molecular complexity index is 566. The molecule has 0 radical (unpaired) electrons. The molecule has 0 aliphatic rings. The lowest BCUT2D eigenvalue weighted by molar-refractivity contribution is 0.116. The summed E-state index contributed by atoms with van der Waals surface area (Å²) in [6, 6.07) is 4.41. The van der Waals surface area contributed by atoms with Crippen LogP contribution in [0, 0.1) is 18.7 Å². The summed E-state index contributed by atoms with van der Waals surface area (Å²) in [4.78, 5) is 4.23. The molecule has 102 valence electrons. The van der Waals surface area contributed by atoms with Gasteiger partial charge in [0.05, 0.1) is 12.5 Å². The topological polar surface area (TPSA) is 59.2 Å². The number of rotatable bonds is 4. The van der Waals surface area contributed by atoms with Crippen molar-refractivity contribution in [1.82, 2.24) is 10.1 Å². The summed E-state index contributed by atoms with van der Waals surface area (Å²) in [6.07, 6.45) is -0.187. The zero-order valence-corrected chi connectivity index (χ0v) is 11.2. The maximum absolute atomic E-state index is 13.0. The minimum atomic E-state index is -0.511. The molecule has 1 N–H and O–H groups in total. The summed E-state index contributed by atoms with van der Waals surface area (Å²) in [5, 5.41) is 13.6.